The maximum atomic E-state index is 18.3. The lowest BCUT2D eigenvalue weighted by molar-refractivity contribution is 0.822. The summed E-state index contributed by atoms with van der Waals surface area (Å²) in [4.78, 5) is 0. The van der Waals surface area contributed by atoms with Crippen molar-refractivity contribution in [1.82, 2.24) is 0 Å². The highest BCUT2D eigenvalue weighted by Gasteiger charge is 2.44. The lowest BCUT2D eigenvalue weighted by Crippen LogP contribution is -2.64. The van der Waals surface area contributed by atoms with Gasteiger partial charge in [0, 0.05) is 0 Å². The van der Waals surface area contributed by atoms with Crippen LogP contribution in [0.4, 0.5) is 8.22 Å². The van der Waals surface area contributed by atoms with E-state index in [-0.39, 0.29) is 0 Å². The molecule has 6 rings (SSSR count). The summed E-state index contributed by atoms with van der Waals surface area (Å²) < 4.78 is 34.5. The molecule has 0 aromatic heterocycles. The molecule has 0 saturated carbocycles. The van der Waals surface area contributed by atoms with Crippen LogP contribution in [0.25, 0.3) is 32.7 Å². The van der Waals surface area contributed by atoms with Crippen LogP contribution < -0.4 is 20.7 Å². The van der Waals surface area contributed by atoms with Crippen molar-refractivity contribution in [2.24, 2.45) is 0 Å². The third-order valence-corrected chi connectivity index (χ3v) is 12.6. The van der Waals surface area contributed by atoms with E-state index in [9.17, 15) is 0 Å². The molecule has 6 aromatic carbocycles. The van der Waals surface area contributed by atoms with Crippen LogP contribution in [0.2, 0.25) is 13.1 Å². The summed E-state index contributed by atoms with van der Waals surface area (Å²) in [6, 6.07) is 43.1. The number of fused-ring (bicyclic) bond motifs is 2. The van der Waals surface area contributed by atoms with Gasteiger partial charge >= 0.3 is 8.41 Å². The molecule has 0 unspecified atom stereocenters. The first-order valence-electron chi connectivity index (χ1n) is 12.9. The molecule has 0 heterocycles. The molecule has 0 saturated heterocycles. The molecule has 0 aliphatic rings. The zero-order valence-corrected chi connectivity index (χ0v) is 23.5. The Bertz CT molecular complexity index is 1720. The molecule has 0 N–H and O–H groups in total. The third-order valence-electron chi connectivity index (χ3n) is 7.46. The molecule has 0 fully saturated rings. The second-order valence-corrected chi connectivity index (χ2v) is 16.8. The Hall–Kier alpha value is -3.87. The van der Waals surface area contributed by atoms with E-state index in [1.165, 1.54) is 0 Å². The smallest absolute Gasteiger partial charge is 0.308 e. The maximum absolute atomic E-state index is 18.3. The minimum absolute atomic E-state index is 0.657. The summed E-state index contributed by atoms with van der Waals surface area (Å²) in [5.74, 6) is 0. The Morgan fingerprint density at radius 2 is 0.816 bits per heavy atom. The maximum Gasteiger partial charge on any atom is 0.340 e. The number of benzene rings is 6. The highest BCUT2D eigenvalue weighted by atomic mass is 28.4. The summed E-state index contributed by atoms with van der Waals surface area (Å²) in [5.41, 5.74) is 1.64. The zero-order chi connectivity index (χ0) is 26.3. The van der Waals surface area contributed by atoms with E-state index in [4.69, 9.17) is 0 Å². The molecule has 38 heavy (non-hydrogen) atoms. The van der Waals surface area contributed by atoms with Crippen LogP contribution in [0.1, 0.15) is 0 Å². The lowest BCUT2D eigenvalue weighted by Gasteiger charge is -2.29. The van der Waals surface area contributed by atoms with Crippen molar-refractivity contribution < 1.29 is 8.22 Å². The largest absolute Gasteiger partial charge is 0.340 e. The van der Waals surface area contributed by atoms with E-state index in [0.29, 0.717) is 20.7 Å². The summed E-state index contributed by atoms with van der Waals surface area (Å²) in [7, 11) is -7.31. The molecule has 4 heteroatoms. The first-order chi connectivity index (χ1) is 18.4. The van der Waals surface area contributed by atoms with Gasteiger partial charge < -0.3 is 4.11 Å². The van der Waals surface area contributed by atoms with Gasteiger partial charge in [-0.3, -0.25) is 4.11 Å². The zero-order valence-electron chi connectivity index (χ0n) is 21.5. The molecule has 0 nitrogen and oxygen atoms in total. The number of hydrogen-bond donors (Lipinski definition) is 0. The molecular formula is C34H28F2Si2. The third kappa shape index (κ3) is 4.01. The minimum atomic E-state index is -4.00. The Morgan fingerprint density at radius 3 is 1.29 bits per heavy atom. The van der Waals surface area contributed by atoms with Crippen molar-refractivity contribution in [3.8, 4) is 11.1 Å². The average molecular weight is 531 g/mol. The predicted molar refractivity (Wildman–Crippen MR) is 164 cm³/mol. The lowest BCUT2D eigenvalue weighted by atomic mass is 9.93. The fraction of sp³-hybridized carbons (Fsp3) is 0.0588. The fourth-order valence-corrected chi connectivity index (χ4v) is 10.2. The van der Waals surface area contributed by atoms with E-state index in [1.807, 2.05) is 115 Å². The summed E-state index contributed by atoms with van der Waals surface area (Å²) >= 11 is 0. The normalized spacial score (nSPS) is 12.2. The van der Waals surface area contributed by atoms with Crippen molar-refractivity contribution in [3.05, 3.63) is 133 Å². The van der Waals surface area contributed by atoms with Gasteiger partial charge in [0.2, 0.25) is 0 Å². The highest BCUT2D eigenvalue weighted by Crippen LogP contribution is 2.35. The molecule has 6 aromatic rings. The Balaban J connectivity index is 1.84. The number of rotatable bonds is 5. The Labute approximate surface area is 224 Å². The van der Waals surface area contributed by atoms with Crippen molar-refractivity contribution in [3.63, 3.8) is 0 Å². The Morgan fingerprint density at radius 1 is 0.421 bits per heavy atom. The molecule has 0 aliphatic heterocycles. The minimum Gasteiger partial charge on any atom is -0.308 e. The molecule has 0 aliphatic carbocycles. The van der Waals surface area contributed by atoms with E-state index in [0.717, 1.165) is 32.7 Å². The number of hydrogen-bond acceptors (Lipinski definition) is 0. The van der Waals surface area contributed by atoms with Gasteiger partial charge in [-0.2, -0.15) is 0 Å². The van der Waals surface area contributed by atoms with Crippen LogP contribution in [0, 0.1) is 0 Å². The van der Waals surface area contributed by atoms with E-state index in [1.54, 1.807) is 13.1 Å². The van der Waals surface area contributed by atoms with Crippen LogP contribution in [-0.4, -0.2) is 16.8 Å². The number of halogens is 2. The molecule has 0 bridgehead atoms. The first kappa shape index (κ1) is 24.5. The summed E-state index contributed by atoms with van der Waals surface area (Å²) in [6.45, 7) is 3.44. The van der Waals surface area contributed by atoms with Gasteiger partial charge in [-0.1, -0.05) is 133 Å². The van der Waals surface area contributed by atoms with Crippen LogP contribution in [0.3, 0.4) is 0 Å². The molecule has 0 atom stereocenters. The predicted octanol–water partition coefficient (Wildman–Crippen LogP) is 6.98. The first-order valence-corrected chi connectivity index (χ1v) is 17.7. The van der Waals surface area contributed by atoms with Gasteiger partial charge in [-0.25, -0.2) is 0 Å². The Kier molecular flexibility index (Phi) is 6.09. The SMILES string of the molecule is C[Si](C)(F)c1ccc2ccccc2c1-c1c([Si](F)(c2ccccc2)c2ccccc2)ccc2ccccc12. The van der Waals surface area contributed by atoms with Gasteiger partial charge in [-0.15, -0.1) is 0 Å². The molecule has 0 amide bonds. The van der Waals surface area contributed by atoms with E-state index < -0.39 is 16.8 Å². The van der Waals surface area contributed by atoms with Crippen LogP contribution in [0.15, 0.2) is 133 Å². The van der Waals surface area contributed by atoms with Gasteiger partial charge in [0.25, 0.3) is 8.41 Å². The van der Waals surface area contributed by atoms with Gasteiger partial charge in [0.1, 0.15) is 0 Å². The quantitative estimate of drug-likeness (QED) is 0.128. The fourth-order valence-electron chi connectivity index (χ4n) is 5.68. The van der Waals surface area contributed by atoms with Crippen LogP contribution >= 0.6 is 0 Å². The van der Waals surface area contributed by atoms with Crippen molar-refractivity contribution in [2.45, 2.75) is 13.1 Å². The van der Waals surface area contributed by atoms with Gasteiger partial charge in [0.05, 0.1) is 0 Å². The monoisotopic (exact) mass is 530 g/mol. The second-order valence-electron chi connectivity index (χ2n) is 10.3. The van der Waals surface area contributed by atoms with Crippen molar-refractivity contribution in [2.75, 3.05) is 0 Å². The molecule has 0 radical (unpaired) electrons. The van der Waals surface area contributed by atoms with Gasteiger partial charge in [-0.05, 0) is 66.5 Å². The van der Waals surface area contributed by atoms with E-state index in [2.05, 4.69) is 18.2 Å². The van der Waals surface area contributed by atoms with Crippen LogP contribution in [-0.2, 0) is 0 Å². The van der Waals surface area contributed by atoms with Crippen LogP contribution in [0.5, 0.6) is 0 Å². The summed E-state index contributed by atoms with van der Waals surface area (Å²) in [6.07, 6.45) is 0. The highest BCUT2D eigenvalue weighted by molar-refractivity contribution is 7.07. The molecule has 186 valence electrons. The topological polar surface area (TPSA) is 0 Å². The van der Waals surface area contributed by atoms with Gasteiger partial charge in [0.15, 0.2) is 0 Å². The standard InChI is InChI=1S/C34H28F2Si2/c1-37(2,35)31-23-21-25-13-9-11-19-29(25)33(31)34-30-20-12-10-14-26(30)22-24-32(34)38(36,27-15-5-3-6-16-27)28-17-7-4-8-18-28/h3-24H,1-2H3. The molecule has 0 spiro atoms. The van der Waals surface area contributed by atoms with Crippen molar-refractivity contribution >= 4 is 59.1 Å². The average Bonchev–Trinajstić information content (AvgIpc) is 2.96. The van der Waals surface area contributed by atoms with E-state index >= 15 is 8.22 Å². The second kappa shape index (κ2) is 9.46. The van der Waals surface area contributed by atoms with Crippen molar-refractivity contribution in [1.29, 1.82) is 0 Å². The summed E-state index contributed by atoms with van der Waals surface area (Å²) in [5, 5.41) is 6.66. The molecular weight excluding hydrogens is 503 g/mol.